The fourth-order valence-corrected chi connectivity index (χ4v) is 2.41. The summed E-state index contributed by atoms with van der Waals surface area (Å²) in [5, 5.41) is 3.17. The van der Waals surface area contributed by atoms with Crippen LogP contribution in [0.1, 0.15) is 5.69 Å². The van der Waals surface area contributed by atoms with Crippen molar-refractivity contribution in [2.75, 3.05) is 32.4 Å². The lowest BCUT2D eigenvalue weighted by atomic mass is 10.2. The number of aromatic nitrogens is 3. The van der Waals surface area contributed by atoms with E-state index >= 15 is 0 Å². The second-order valence-corrected chi connectivity index (χ2v) is 5.30. The SMILES string of the molecule is COc1cc(Nc2cnc3cc(N)c(C)nc3n2)cc(OC)c1OC. The summed E-state index contributed by atoms with van der Waals surface area (Å²) in [6, 6.07) is 5.33. The van der Waals surface area contributed by atoms with Crippen molar-refractivity contribution in [2.45, 2.75) is 6.92 Å². The van der Waals surface area contributed by atoms with Crippen molar-refractivity contribution in [1.82, 2.24) is 15.0 Å². The van der Waals surface area contributed by atoms with Gasteiger partial charge in [0.05, 0.1) is 38.9 Å². The summed E-state index contributed by atoms with van der Waals surface area (Å²) >= 11 is 0. The molecule has 0 aliphatic heterocycles. The number of nitrogen functional groups attached to an aromatic ring is 1. The first-order valence-corrected chi connectivity index (χ1v) is 7.52. The highest BCUT2D eigenvalue weighted by atomic mass is 16.5. The molecule has 0 saturated carbocycles. The van der Waals surface area contributed by atoms with E-state index in [1.54, 1.807) is 45.7 Å². The number of nitrogens with zero attached hydrogens (tertiary/aromatic N) is 3. The molecule has 0 bridgehead atoms. The van der Waals surface area contributed by atoms with E-state index in [-0.39, 0.29) is 0 Å². The molecule has 0 fully saturated rings. The Labute approximate surface area is 145 Å². The lowest BCUT2D eigenvalue weighted by Gasteiger charge is -2.15. The molecule has 2 aromatic heterocycles. The molecule has 2 heterocycles. The molecule has 3 N–H and O–H groups in total. The molecule has 3 aromatic rings. The van der Waals surface area contributed by atoms with E-state index in [2.05, 4.69) is 20.3 Å². The molecule has 0 aliphatic rings. The van der Waals surface area contributed by atoms with Crippen molar-refractivity contribution >= 4 is 28.4 Å². The first-order chi connectivity index (χ1) is 12.0. The van der Waals surface area contributed by atoms with E-state index in [1.165, 1.54) is 0 Å². The van der Waals surface area contributed by atoms with E-state index < -0.39 is 0 Å². The molecule has 0 atom stereocenters. The predicted molar refractivity (Wildman–Crippen MR) is 95.9 cm³/mol. The van der Waals surface area contributed by atoms with E-state index in [4.69, 9.17) is 19.9 Å². The maximum Gasteiger partial charge on any atom is 0.203 e. The standard InChI is InChI=1S/C17H19N5O3/c1-9-11(18)7-12-17(20-9)22-15(8-19-12)21-10-5-13(23-2)16(25-4)14(6-10)24-3/h5-8H,18H2,1-4H3,(H,20,21,22). The van der Waals surface area contributed by atoms with Crippen molar-refractivity contribution in [3.63, 3.8) is 0 Å². The van der Waals surface area contributed by atoms with Gasteiger partial charge in [0.1, 0.15) is 5.52 Å². The number of nitrogens with one attached hydrogen (secondary N) is 1. The van der Waals surface area contributed by atoms with Crippen LogP contribution in [0.5, 0.6) is 17.2 Å². The molecule has 8 heteroatoms. The van der Waals surface area contributed by atoms with Gasteiger partial charge < -0.3 is 25.3 Å². The molecule has 0 amide bonds. The number of ether oxygens (including phenoxy) is 3. The topological polar surface area (TPSA) is 104 Å². The number of pyridine rings is 1. The highest BCUT2D eigenvalue weighted by Gasteiger charge is 2.14. The zero-order valence-corrected chi connectivity index (χ0v) is 14.5. The van der Waals surface area contributed by atoms with Crippen LogP contribution in [0, 0.1) is 6.92 Å². The number of methoxy groups -OCH3 is 3. The summed E-state index contributed by atoms with van der Waals surface area (Å²) in [5.74, 6) is 2.14. The Hall–Kier alpha value is -3.29. The molecular weight excluding hydrogens is 322 g/mol. The number of hydrogen-bond acceptors (Lipinski definition) is 8. The van der Waals surface area contributed by atoms with Crippen LogP contribution in [0.3, 0.4) is 0 Å². The van der Waals surface area contributed by atoms with Gasteiger partial charge >= 0.3 is 0 Å². The van der Waals surface area contributed by atoms with Gasteiger partial charge in [-0.25, -0.2) is 15.0 Å². The molecule has 3 rings (SSSR count). The molecule has 0 radical (unpaired) electrons. The van der Waals surface area contributed by atoms with Gasteiger partial charge in [-0.2, -0.15) is 0 Å². The molecule has 1 aromatic carbocycles. The van der Waals surface area contributed by atoms with Gasteiger partial charge in [0, 0.05) is 17.8 Å². The number of anilines is 3. The van der Waals surface area contributed by atoms with Gasteiger partial charge in [-0.1, -0.05) is 0 Å². The van der Waals surface area contributed by atoms with Crippen molar-refractivity contribution in [2.24, 2.45) is 0 Å². The number of benzene rings is 1. The smallest absolute Gasteiger partial charge is 0.203 e. The first-order valence-electron chi connectivity index (χ1n) is 7.52. The Bertz CT molecular complexity index is 905. The van der Waals surface area contributed by atoms with Crippen LogP contribution in [0.4, 0.5) is 17.2 Å². The van der Waals surface area contributed by atoms with E-state index in [1.807, 2.05) is 6.92 Å². The molecule has 0 saturated heterocycles. The summed E-state index contributed by atoms with van der Waals surface area (Å²) < 4.78 is 16.0. The van der Waals surface area contributed by atoms with Gasteiger partial charge in [0.15, 0.2) is 23.0 Å². The zero-order valence-electron chi connectivity index (χ0n) is 14.5. The van der Waals surface area contributed by atoms with Gasteiger partial charge in [-0.05, 0) is 13.0 Å². The van der Waals surface area contributed by atoms with E-state index in [9.17, 15) is 0 Å². The monoisotopic (exact) mass is 341 g/mol. The van der Waals surface area contributed by atoms with Crippen LogP contribution in [0.25, 0.3) is 11.2 Å². The average molecular weight is 341 g/mol. The maximum absolute atomic E-state index is 5.85. The van der Waals surface area contributed by atoms with Crippen LogP contribution in [0.2, 0.25) is 0 Å². The van der Waals surface area contributed by atoms with Crippen LogP contribution in [0.15, 0.2) is 24.4 Å². The molecule has 25 heavy (non-hydrogen) atoms. The fourth-order valence-electron chi connectivity index (χ4n) is 2.41. The van der Waals surface area contributed by atoms with Crippen LogP contribution < -0.4 is 25.3 Å². The Morgan fingerprint density at radius 3 is 2.24 bits per heavy atom. The number of hydrogen-bond donors (Lipinski definition) is 2. The Kier molecular flexibility index (Phi) is 4.42. The van der Waals surface area contributed by atoms with Crippen LogP contribution in [-0.4, -0.2) is 36.3 Å². The highest BCUT2D eigenvalue weighted by Crippen LogP contribution is 2.40. The number of aryl methyl sites for hydroxylation is 1. The molecule has 0 unspecified atom stereocenters. The van der Waals surface area contributed by atoms with Crippen molar-refractivity contribution in [3.05, 3.63) is 30.1 Å². The summed E-state index contributed by atoms with van der Waals surface area (Å²) in [7, 11) is 4.68. The molecule has 0 spiro atoms. The third-order valence-electron chi connectivity index (χ3n) is 3.70. The van der Waals surface area contributed by atoms with Crippen molar-refractivity contribution in [3.8, 4) is 17.2 Å². The minimum Gasteiger partial charge on any atom is -0.493 e. The van der Waals surface area contributed by atoms with Gasteiger partial charge in [0.25, 0.3) is 0 Å². The molecule has 0 aliphatic carbocycles. The number of fused-ring (bicyclic) bond motifs is 1. The second-order valence-electron chi connectivity index (χ2n) is 5.30. The molecular formula is C17H19N5O3. The van der Waals surface area contributed by atoms with Gasteiger partial charge in [0.2, 0.25) is 5.75 Å². The van der Waals surface area contributed by atoms with Crippen molar-refractivity contribution in [1.29, 1.82) is 0 Å². The normalized spacial score (nSPS) is 10.6. The largest absolute Gasteiger partial charge is 0.493 e. The van der Waals surface area contributed by atoms with Crippen molar-refractivity contribution < 1.29 is 14.2 Å². The lowest BCUT2D eigenvalue weighted by Crippen LogP contribution is -2.01. The Morgan fingerprint density at radius 1 is 0.960 bits per heavy atom. The number of rotatable bonds is 5. The third-order valence-corrected chi connectivity index (χ3v) is 3.70. The predicted octanol–water partition coefficient (Wildman–Crippen LogP) is 2.68. The Morgan fingerprint density at radius 2 is 1.64 bits per heavy atom. The minimum absolute atomic E-state index is 0.518. The summed E-state index contributed by atoms with van der Waals surface area (Å²) in [4.78, 5) is 13.2. The average Bonchev–Trinajstić information content (AvgIpc) is 2.62. The number of nitrogens with two attached hydrogens (primary N) is 1. The van der Waals surface area contributed by atoms with Crippen LogP contribution >= 0.6 is 0 Å². The highest BCUT2D eigenvalue weighted by molar-refractivity contribution is 5.77. The zero-order chi connectivity index (χ0) is 18.0. The molecule has 130 valence electrons. The third kappa shape index (κ3) is 3.18. The molecule has 8 nitrogen and oxygen atoms in total. The van der Waals surface area contributed by atoms with Gasteiger partial charge in [-0.15, -0.1) is 0 Å². The van der Waals surface area contributed by atoms with E-state index in [0.717, 1.165) is 5.69 Å². The summed E-state index contributed by atoms with van der Waals surface area (Å²) in [5.41, 5.74) is 9.03. The summed E-state index contributed by atoms with van der Waals surface area (Å²) in [6.45, 7) is 1.83. The van der Waals surface area contributed by atoms with E-state index in [0.29, 0.717) is 45.6 Å². The first kappa shape index (κ1) is 16.6. The van der Waals surface area contributed by atoms with Crippen LogP contribution in [-0.2, 0) is 0 Å². The maximum atomic E-state index is 5.85. The fraction of sp³-hybridized carbons (Fsp3) is 0.235. The Balaban J connectivity index is 1.99. The minimum atomic E-state index is 0.518. The lowest BCUT2D eigenvalue weighted by molar-refractivity contribution is 0.324. The summed E-state index contributed by atoms with van der Waals surface area (Å²) in [6.07, 6.45) is 1.61. The quantitative estimate of drug-likeness (QED) is 0.730. The second kappa shape index (κ2) is 6.68. The van der Waals surface area contributed by atoms with Gasteiger partial charge in [-0.3, -0.25) is 0 Å².